The van der Waals surface area contributed by atoms with E-state index >= 15 is 0 Å². The largest absolute Gasteiger partial charge is 0.358 e. The Hall–Kier alpha value is -2.41. The van der Waals surface area contributed by atoms with Crippen molar-refractivity contribution in [3.63, 3.8) is 0 Å². The number of piperidine rings is 2. The van der Waals surface area contributed by atoms with Crippen LogP contribution in [-0.4, -0.2) is 41.3 Å². The number of aryl methyl sites for hydroxylation is 1. The van der Waals surface area contributed by atoms with Crippen LogP contribution in [0.1, 0.15) is 50.2 Å². The molecule has 2 aromatic rings. The molecule has 166 valence electrons. The smallest absolute Gasteiger partial charge is 0.232 e. The number of thiocarbonyl (C=S) groups is 1. The minimum absolute atomic E-state index is 0.550. The average molecular weight is 439 g/mol. The van der Waals surface area contributed by atoms with E-state index in [1.807, 2.05) is 0 Å². The van der Waals surface area contributed by atoms with E-state index in [1.165, 1.54) is 43.2 Å². The normalized spacial score (nSPS) is 19.2. The fraction of sp³-hybridized carbons (Fsp3) is 0.542. The van der Waals surface area contributed by atoms with E-state index in [0.29, 0.717) is 23.5 Å². The molecule has 1 unspecified atom stereocenters. The third-order valence-electron chi connectivity index (χ3n) is 6.16. The van der Waals surface area contributed by atoms with Crippen molar-refractivity contribution in [1.29, 1.82) is 0 Å². The maximum Gasteiger partial charge on any atom is 0.232 e. The van der Waals surface area contributed by atoms with Gasteiger partial charge in [0.15, 0.2) is 5.11 Å². The zero-order chi connectivity index (χ0) is 21.6. The van der Waals surface area contributed by atoms with Crippen LogP contribution in [0.4, 0.5) is 17.6 Å². The summed E-state index contributed by atoms with van der Waals surface area (Å²) in [5.74, 6) is 3.28. The lowest BCUT2D eigenvalue weighted by molar-refractivity contribution is 0.444. The van der Waals surface area contributed by atoms with Crippen LogP contribution < -0.4 is 20.4 Å². The van der Waals surface area contributed by atoms with Crippen molar-refractivity contribution >= 4 is 34.9 Å². The molecule has 0 bridgehead atoms. The first-order chi connectivity index (χ1) is 15.1. The fourth-order valence-corrected chi connectivity index (χ4v) is 4.52. The van der Waals surface area contributed by atoms with Crippen LogP contribution in [0.25, 0.3) is 0 Å². The molecule has 4 rings (SSSR count). The molecule has 2 saturated heterocycles. The van der Waals surface area contributed by atoms with E-state index in [1.54, 1.807) is 0 Å². The number of hydrogen-bond acceptors (Lipinski definition) is 5. The van der Waals surface area contributed by atoms with Crippen LogP contribution in [0.3, 0.4) is 0 Å². The first-order valence-electron chi connectivity index (χ1n) is 11.6. The molecule has 0 amide bonds. The van der Waals surface area contributed by atoms with E-state index in [-0.39, 0.29) is 0 Å². The van der Waals surface area contributed by atoms with Crippen molar-refractivity contribution in [2.75, 3.05) is 41.3 Å². The number of hydrogen-bond donors (Lipinski definition) is 2. The van der Waals surface area contributed by atoms with Gasteiger partial charge in [0.25, 0.3) is 0 Å². The minimum Gasteiger partial charge on any atom is -0.358 e. The van der Waals surface area contributed by atoms with Crippen LogP contribution in [0.5, 0.6) is 0 Å². The maximum atomic E-state index is 5.55. The van der Waals surface area contributed by atoms with Gasteiger partial charge in [0.05, 0.1) is 0 Å². The molecule has 3 heterocycles. The highest BCUT2D eigenvalue weighted by Gasteiger charge is 2.21. The molecule has 7 heteroatoms. The van der Waals surface area contributed by atoms with Crippen molar-refractivity contribution in [2.24, 2.45) is 5.92 Å². The molecule has 6 nitrogen and oxygen atoms in total. The van der Waals surface area contributed by atoms with Gasteiger partial charge in [-0.3, -0.25) is 0 Å². The Morgan fingerprint density at radius 1 is 1.00 bits per heavy atom. The number of nitrogens with zero attached hydrogens (tertiary/aromatic N) is 4. The monoisotopic (exact) mass is 438 g/mol. The van der Waals surface area contributed by atoms with Crippen molar-refractivity contribution in [2.45, 2.75) is 52.5 Å². The van der Waals surface area contributed by atoms with Gasteiger partial charge in [-0.15, -0.1) is 0 Å². The summed E-state index contributed by atoms with van der Waals surface area (Å²) in [5, 5.41) is 7.07. The number of anilines is 3. The maximum absolute atomic E-state index is 5.55. The number of benzene rings is 1. The van der Waals surface area contributed by atoms with Gasteiger partial charge in [-0.1, -0.05) is 36.8 Å². The number of rotatable bonds is 5. The van der Waals surface area contributed by atoms with Gasteiger partial charge in [0, 0.05) is 38.8 Å². The third kappa shape index (κ3) is 6.06. The molecule has 1 aromatic heterocycles. The molecule has 0 aliphatic carbocycles. The Balaban J connectivity index is 1.48. The van der Waals surface area contributed by atoms with Gasteiger partial charge in [-0.05, 0) is 62.7 Å². The summed E-state index contributed by atoms with van der Waals surface area (Å²) in [5.41, 5.74) is 2.45. The van der Waals surface area contributed by atoms with Crippen LogP contribution >= 0.6 is 12.2 Å². The van der Waals surface area contributed by atoms with E-state index in [0.717, 1.165) is 37.8 Å². The van der Waals surface area contributed by atoms with Crippen molar-refractivity contribution in [3.8, 4) is 0 Å². The Kier molecular flexibility index (Phi) is 7.22. The van der Waals surface area contributed by atoms with E-state index in [4.69, 9.17) is 22.2 Å². The van der Waals surface area contributed by atoms with Gasteiger partial charge < -0.3 is 20.4 Å². The highest BCUT2D eigenvalue weighted by Crippen LogP contribution is 2.27. The quantitative estimate of drug-likeness (QED) is 0.667. The van der Waals surface area contributed by atoms with E-state index in [9.17, 15) is 0 Å². The van der Waals surface area contributed by atoms with Gasteiger partial charge in [-0.25, -0.2) is 0 Å². The van der Waals surface area contributed by atoms with E-state index < -0.39 is 0 Å². The first kappa shape index (κ1) is 21.8. The Labute approximate surface area is 191 Å². The predicted octanol–water partition coefficient (Wildman–Crippen LogP) is 4.50. The van der Waals surface area contributed by atoms with Crippen LogP contribution in [-0.2, 0) is 6.54 Å². The summed E-state index contributed by atoms with van der Waals surface area (Å²) < 4.78 is 0. The SMILES string of the molecule is Cc1ccc(CNC(=S)Nc2nc(N3CCCCC3)cc(N3CCCC(C)C3)n2)cc1. The molecule has 1 aromatic carbocycles. The second-order valence-corrected chi connectivity index (χ2v) is 9.35. The lowest BCUT2D eigenvalue weighted by atomic mass is 10.0. The Morgan fingerprint density at radius 3 is 2.39 bits per heavy atom. The summed E-state index contributed by atoms with van der Waals surface area (Å²) in [4.78, 5) is 14.5. The second kappa shape index (κ2) is 10.3. The minimum atomic E-state index is 0.550. The van der Waals surface area contributed by atoms with Crippen molar-refractivity contribution < 1.29 is 0 Å². The first-order valence-corrected chi connectivity index (χ1v) is 12.0. The fourth-order valence-electron chi connectivity index (χ4n) is 4.36. The lowest BCUT2D eigenvalue weighted by Gasteiger charge is -2.33. The molecule has 31 heavy (non-hydrogen) atoms. The number of aromatic nitrogens is 2. The molecule has 2 fully saturated rings. The second-order valence-electron chi connectivity index (χ2n) is 8.94. The van der Waals surface area contributed by atoms with Crippen molar-refractivity contribution in [1.82, 2.24) is 15.3 Å². The Morgan fingerprint density at radius 2 is 1.68 bits per heavy atom. The molecule has 2 aliphatic rings. The molecule has 0 spiro atoms. The topological polar surface area (TPSA) is 56.3 Å². The Bertz CT molecular complexity index is 878. The van der Waals surface area contributed by atoms with Gasteiger partial charge in [0.2, 0.25) is 5.95 Å². The molecule has 2 N–H and O–H groups in total. The highest BCUT2D eigenvalue weighted by molar-refractivity contribution is 7.80. The summed E-state index contributed by atoms with van der Waals surface area (Å²) in [6, 6.07) is 10.6. The van der Waals surface area contributed by atoms with Gasteiger partial charge >= 0.3 is 0 Å². The van der Waals surface area contributed by atoms with Crippen molar-refractivity contribution in [3.05, 3.63) is 41.5 Å². The zero-order valence-corrected chi connectivity index (χ0v) is 19.5. The zero-order valence-electron chi connectivity index (χ0n) is 18.7. The molecule has 0 radical (unpaired) electrons. The average Bonchev–Trinajstić information content (AvgIpc) is 2.79. The molecular formula is C24H34N6S. The molecule has 1 atom stereocenters. The summed E-state index contributed by atoms with van der Waals surface area (Å²) in [6.45, 7) is 9.31. The van der Waals surface area contributed by atoms with Crippen LogP contribution in [0.15, 0.2) is 30.3 Å². The van der Waals surface area contributed by atoms with E-state index in [2.05, 4.69) is 64.6 Å². The third-order valence-corrected chi connectivity index (χ3v) is 6.41. The van der Waals surface area contributed by atoms with Gasteiger partial charge in [-0.2, -0.15) is 9.97 Å². The summed E-state index contributed by atoms with van der Waals surface area (Å²) in [7, 11) is 0. The summed E-state index contributed by atoms with van der Waals surface area (Å²) in [6.07, 6.45) is 6.25. The van der Waals surface area contributed by atoms with Crippen LogP contribution in [0, 0.1) is 12.8 Å². The van der Waals surface area contributed by atoms with Crippen LogP contribution in [0.2, 0.25) is 0 Å². The highest BCUT2D eigenvalue weighted by atomic mass is 32.1. The molecular weight excluding hydrogens is 404 g/mol. The number of nitrogens with one attached hydrogen (secondary N) is 2. The molecule has 0 saturated carbocycles. The van der Waals surface area contributed by atoms with Gasteiger partial charge in [0.1, 0.15) is 11.6 Å². The summed E-state index contributed by atoms with van der Waals surface area (Å²) >= 11 is 5.55. The predicted molar refractivity (Wildman–Crippen MR) is 133 cm³/mol. The standard InChI is InChI=1S/C24H34N6S/c1-18-8-10-20(11-9-18)16-25-24(31)28-23-26-21(29-12-4-3-5-13-29)15-22(27-23)30-14-6-7-19(2)17-30/h8-11,15,19H,3-7,12-14,16-17H2,1-2H3,(H2,25,26,27,28,31). The molecule has 2 aliphatic heterocycles. The lowest BCUT2D eigenvalue weighted by Crippen LogP contribution is -2.36.